The lowest BCUT2D eigenvalue weighted by Gasteiger charge is -2.25. The highest BCUT2D eigenvalue weighted by Gasteiger charge is 2.18. The lowest BCUT2D eigenvalue weighted by molar-refractivity contribution is 0.0684. The maximum absolute atomic E-state index is 5.51. The van der Waals surface area contributed by atoms with E-state index in [0.29, 0.717) is 0 Å². The molecule has 1 nitrogen and oxygen atoms in total. The van der Waals surface area contributed by atoms with Gasteiger partial charge in [-0.15, -0.1) is 0 Å². The van der Waals surface area contributed by atoms with E-state index in [1.807, 2.05) is 0 Å². The highest BCUT2D eigenvalue weighted by molar-refractivity contribution is 4.83. The Morgan fingerprint density at radius 1 is 1.60 bits per heavy atom. The fraction of sp³-hybridized carbons (Fsp3) is 0.889. The van der Waals surface area contributed by atoms with Gasteiger partial charge in [0, 0.05) is 6.61 Å². The zero-order valence-electron chi connectivity index (χ0n) is 7.02. The average Bonchev–Trinajstić information content (AvgIpc) is 1.88. The molecule has 1 rings (SSSR count). The van der Waals surface area contributed by atoms with E-state index in [1.165, 1.54) is 31.8 Å². The molecule has 10 heavy (non-hydrogen) atoms. The molecule has 1 aliphatic rings. The molecule has 1 heterocycles. The van der Waals surface area contributed by atoms with Crippen molar-refractivity contribution in [2.24, 2.45) is 5.92 Å². The van der Waals surface area contributed by atoms with Crippen LogP contribution in [0.1, 0.15) is 39.5 Å². The number of hydrogen-bond donors (Lipinski definition) is 0. The Morgan fingerprint density at radius 2 is 2.40 bits per heavy atom. The molecule has 0 aromatic rings. The van der Waals surface area contributed by atoms with Crippen molar-refractivity contribution in [3.05, 3.63) is 6.10 Å². The summed E-state index contributed by atoms with van der Waals surface area (Å²) >= 11 is 0. The predicted octanol–water partition coefficient (Wildman–Crippen LogP) is 2.76. The fourth-order valence-corrected chi connectivity index (χ4v) is 1.41. The molecule has 1 unspecified atom stereocenters. The highest BCUT2D eigenvalue weighted by Crippen LogP contribution is 2.27. The molecule has 1 saturated heterocycles. The maximum Gasteiger partial charge on any atom is 0.0973 e. The molecule has 1 atom stereocenters. The van der Waals surface area contributed by atoms with Crippen LogP contribution < -0.4 is 0 Å². The lowest BCUT2D eigenvalue weighted by atomic mass is 9.95. The highest BCUT2D eigenvalue weighted by atomic mass is 16.5. The van der Waals surface area contributed by atoms with Crippen molar-refractivity contribution in [3.8, 4) is 0 Å². The zero-order valence-corrected chi connectivity index (χ0v) is 7.02. The van der Waals surface area contributed by atoms with Gasteiger partial charge in [0.15, 0.2) is 0 Å². The fourth-order valence-electron chi connectivity index (χ4n) is 1.41. The molecule has 0 bridgehead atoms. The Balaban J connectivity index is 2.18. The largest absolute Gasteiger partial charge is 0.372 e. The average molecular weight is 141 g/mol. The van der Waals surface area contributed by atoms with Crippen LogP contribution in [-0.2, 0) is 4.74 Å². The van der Waals surface area contributed by atoms with Gasteiger partial charge < -0.3 is 4.74 Å². The van der Waals surface area contributed by atoms with Crippen LogP contribution in [0.2, 0.25) is 0 Å². The van der Waals surface area contributed by atoms with Crippen LogP contribution >= 0.6 is 0 Å². The summed E-state index contributed by atoms with van der Waals surface area (Å²) in [5.41, 5.74) is 0. The van der Waals surface area contributed by atoms with Gasteiger partial charge in [-0.3, -0.25) is 0 Å². The minimum absolute atomic E-state index is 0.857. The standard InChI is InChI=1S/C9H17O/c1-3-4-9-7-8(2)5-6-10-9/h8H,3-7H2,1-2H3. The number of hydrogen-bond acceptors (Lipinski definition) is 1. The number of ether oxygens (including phenoxy) is 1. The first-order valence-corrected chi connectivity index (χ1v) is 4.30. The van der Waals surface area contributed by atoms with E-state index >= 15 is 0 Å². The van der Waals surface area contributed by atoms with Gasteiger partial charge in [-0.1, -0.05) is 20.3 Å². The minimum atomic E-state index is 0.857. The monoisotopic (exact) mass is 141 g/mol. The van der Waals surface area contributed by atoms with Gasteiger partial charge in [0.2, 0.25) is 0 Å². The molecular weight excluding hydrogens is 124 g/mol. The van der Waals surface area contributed by atoms with Crippen LogP contribution in [0.4, 0.5) is 0 Å². The third-order valence-electron chi connectivity index (χ3n) is 2.02. The quantitative estimate of drug-likeness (QED) is 0.574. The molecule has 0 amide bonds. The summed E-state index contributed by atoms with van der Waals surface area (Å²) < 4.78 is 5.51. The molecule has 0 aliphatic carbocycles. The van der Waals surface area contributed by atoms with Crippen molar-refractivity contribution in [1.82, 2.24) is 0 Å². The second kappa shape index (κ2) is 3.97. The Morgan fingerprint density at radius 3 is 3.00 bits per heavy atom. The number of rotatable bonds is 2. The molecule has 0 spiro atoms. The Kier molecular flexibility index (Phi) is 3.20. The third kappa shape index (κ3) is 2.30. The van der Waals surface area contributed by atoms with Crippen LogP contribution in [-0.4, -0.2) is 6.61 Å². The predicted molar refractivity (Wildman–Crippen MR) is 42.5 cm³/mol. The van der Waals surface area contributed by atoms with E-state index in [0.717, 1.165) is 12.5 Å². The van der Waals surface area contributed by atoms with Crippen LogP contribution in [0.5, 0.6) is 0 Å². The molecule has 1 radical (unpaired) electrons. The van der Waals surface area contributed by atoms with E-state index in [9.17, 15) is 0 Å². The van der Waals surface area contributed by atoms with Crippen LogP contribution in [0.3, 0.4) is 0 Å². The zero-order chi connectivity index (χ0) is 7.40. The first-order valence-electron chi connectivity index (χ1n) is 4.30. The van der Waals surface area contributed by atoms with Crippen LogP contribution in [0.15, 0.2) is 0 Å². The van der Waals surface area contributed by atoms with Crippen LogP contribution in [0, 0.1) is 12.0 Å². The van der Waals surface area contributed by atoms with E-state index in [4.69, 9.17) is 4.74 Å². The smallest absolute Gasteiger partial charge is 0.0973 e. The molecule has 1 fully saturated rings. The summed E-state index contributed by atoms with van der Waals surface area (Å²) in [6.07, 6.45) is 6.18. The molecule has 1 heteroatoms. The normalized spacial score (nSPS) is 28.8. The summed E-state index contributed by atoms with van der Waals surface area (Å²) in [6, 6.07) is 0. The van der Waals surface area contributed by atoms with Gasteiger partial charge in [-0.25, -0.2) is 0 Å². The topological polar surface area (TPSA) is 9.23 Å². The van der Waals surface area contributed by atoms with E-state index < -0.39 is 0 Å². The van der Waals surface area contributed by atoms with Crippen molar-refractivity contribution in [1.29, 1.82) is 0 Å². The van der Waals surface area contributed by atoms with Crippen molar-refractivity contribution < 1.29 is 4.74 Å². The summed E-state index contributed by atoms with van der Waals surface area (Å²) in [6.45, 7) is 5.46. The van der Waals surface area contributed by atoms with Crippen molar-refractivity contribution >= 4 is 0 Å². The Hall–Kier alpha value is -0.0400. The molecule has 0 aromatic carbocycles. The molecular formula is C9H17O. The van der Waals surface area contributed by atoms with Gasteiger partial charge in [-0.05, 0) is 25.2 Å². The van der Waals surface area contributed by atoms with Crippen molar-refractivity contribution in [3.63, 3.8) is 0 Å². The summed E-state index contributed by atoms with van der Waals surface area (Å²) in [4.78, 5) is 0. The Labute approximate surface area is 63.8 Å². The first kappa shape index (κ1) is 8.06. The first-order chi connectivity index (χ1) is 4.83. The second-order valence-corrected chi connectivity index (χ2v) is 3.24. The SMILES string of the molecule is CCC[C]1CC(C)CCO1. The van der Waals surface area contributed by atoms with E-state index in [2.05, 4.69) is 13.8 Å². The van der Waals surface area contributed by atoms with Gasteiger partial charge in [-0.2, -0.15) is 0 Å². The second-order valence-electron chi connectivity index (χ2n) is 3.24. The van der Waals surface area contributed by atoms with Gasteiger partial charge in [0.25, 0.3) is 0 Å². The van der Waals surface area contributed by atoms with Crippen LogP contribution in [0.25, 0.3) is 0 Å². The molecule has 0 N–H and O–H groups in total. The minimum Gasteiger partial charge on any atom is -0.372 e. The van der Waals surface area contributed by atoms with Gasteiger partial charge in [0.1, 0.15) is 0 Å². The van der Waals surface area contributed by atoms with Crippen molar-refractivity contribution in [2.45, 2.75) is 39.5 Å². The molecule has 0 aromatic heterocycles. The summed E-state index contributed by atoms with van der Waals surface area (Å²) in [7, 11) is 0. The van der Waals surface area contributed by atoms with E-state index in [1.54, 1.807) is 0 Å². The molecule has 59 valence electrons. The maximum atomic E-state index is 5.51. The van der Waals surface area contributed by atoms with Crippen molar-refractivity contribution in [2.75, 3.05) is 6.61 Å². The van der Waals surface area contributed by atoms with Gasteiger partial charge >= 0.3 is 0 Å². The molecule has 0 saturated carbocycles. The van der Waals surface area contributed by atoms with Gasteiger partial charge in [0.05, 0.1) is 6.10 Å². The lowest BCUT2D eigenvalue weighted by Crippen LogP contribution is -2.17. The Bertz CT molecular complexity index is 88.7. The third-order valence-corrected chi connectivity index (χ3v) is 2.02. The molecule has 1 aliphatic heterocycles. The van der Waals surface area contributed by atoms with E-state index in [-0.39, 0.29) is 0 Å². The summed E-state index contributed by atoms with van der Waals surface area (Å²) in [5.74, 6) is 0.857. The summed E-state index contributed by atoms with van der Waals surface area (Å²) in [5, 5.41) is 0.